The van der Waals surface area contributed by atoms with Crippen LogP contribution in [0.25, 0.3) is 11.0 Å². The molecule has 3 heterocycles. The highest BCUT2D eigenvalue weighted by atomic mass is 15.3. The average Bonchev–Trinajstić information content (AvgIpc) is 3.04. The predicted octanol–water partition coefficient (Wildman–Crippen LogP) is 1.79. The first-order chi connectivity index (χ1) is 9.30. The Hall–Kier alpha value is -2.88. The number of rotatable bonds is 3. The van der Waals surface area contributed by atoms with Gasteiger partial charge in [-0.25, -0.2) is 4.98 Å². The van der Waals surface area contributed by atoms with Crippen molar-refractivity contribution in [3.05, 3.63) is 30.4 Å². The predicted molar refractivity (Wildman–Crippen MR) is 69.8 cm³/mol. The third-order valence-corrected chi connectivity index (χ3v) is 2.77. The maximum atomic E-state index is 8.91. The molecule has 7 nitrogen and oxygen atoms in total. The first kappa shape index (κ1) is 11.2. The molecule has 0 fully saturated rings. The van der Waals surface area contributed by atoms with Crippen LogP contribution in [0.1, 0.15) is 12.5 Å². The van der Waals surface area contributed by atoms with Crippen molar-refractivity contribution in [2.24, 2.45) is 0 Å². The minimum Gasteiger partial charge on any atom is -0.345 e. The molecule has 0 saturated heterocycles. The molecule has 3 rings (SSSR count). The van der Waals surface area contributed by atoms with Crippen LogP contribution in [0.4, 0.5) is 11.6 Å². The Kier molecular flexibility index (Phi) is 2.61. The van der Waals surface area contributed by atoms with Crippen LogP contribution in [0.15, 0.2) is 24.8 Å². The van der Waals surface area contributed by atoms with Crippen LogP contribution >= 0.6 is 0 Å². The van der Waals surface area contributed by atoms with E-state index in [1.807, 2.05) is 17.8 Å². The smallest absolute Gasteiger partial charge is 0.229 e. The van der Waals surface area contributed by atoms with E-state index in [1.54, 1.807) is 18.6 Å². The van der Waals surface area contributed by atoms with E-state index >= 15 is 0 Å². The number of hydrogen-bond acceptors (Lipinski definition) is 5. The molecule has 0 atom stereocenters. The molecule has 0 amide bonds. The second-order valence-corrected chi connectivity index (χ2v) is 3.98. The monoisotopic (exact) mass is 253 g/mol. The molecule has 0 spiro atoms. The Morgan fingerprint density at radius 3 is 3.11 bits per heavy atom. The van der Waals surface area contributed by atoms with Gasteiger partial charge in [-0.2, -0.15) is 15.3 Å². The first-order valence-corrected chi connectivity index (χ1v) is 5.84. The zero-order valence-electron chi connectivity index (χ0n) is 10.3. The van der Waals surface area contributed by atoms with E-state index in [-0.39, 0.29) is 0 Å². The lowest BCUT2D eigenvalue weighted by Crippen LogP contribution is -1.96. The van der Waals surface area contributed by atoms with E-state index in [9.17, 15) is 0 Å². The highest BCUT2D eigenvalue weighted by Crippen LogP contribution is 2.18. The van der Waals surface area contributed by atoms with Gasteiger partial charge < -0.3 is 10.3 Å². The van der Waals surface area contributed by atoms with Crippen molar-refractivity contribution in [2.45, 2.75) is 13.5 Å². The van der Waals surface area contributed by atoms with E-state index in [0.29, 0.717) is 17.2 Å². The summed E-state index contributed by atoms with van der Waals surface area (Å²) in [7, 11) is 0. The highest BCUT2D eigenvalue weighted by molar-refractivity contribution is 5.82. The third-order valence-electron chi connectivity index (χ3n) is 2.77. The largest absolute Gasteiger partial charge is 0.345 e. The molecule has 94 valence electrons. The minimum absolute atomic E-state index is 0.467. The number of aromatic nitrogens is 5. The Morgan fingerprint density at radius 1 is 1.47 bits per heavy atom. The van der Waals surface area contributed by atoms with E-state index < -0.39 is 0 Å². The number of aryl methyl sites for hydroxylation is 1. The number of H-pyrrole nitrogens is 1. The molecule has 0 unspecified atom stereocenters. The van der Waals surface area contributed by atoms with Crippen LogP contribution < -0.4 is 5.32 Å². The Labute approximate surface area is 108 Å². The summed E-state index contributed by atoms with van der Waals surface area (Å²) in [5.41, 5.74) is 2.01. The van der Waals surface area contributed by atoms with E-state index in [0.717, 1.165) is 17.6 Å². The van der Waals surface area contributed by atoms with Gasteiger partial charge >= 0.3 is 0 Å². The number of nitrogens with one attached hydrogen (secondary N) is 2. The summed E-state index contributed by atoms with van der Waals surface area (Å²) in [6, 6.07) is 2.09. The van der Waals surface area contributed by atoms with Crippen LogP contribution in [-0.4, -0.2) is 24.7 Å². The maximum Gasteiger partial charge on any atom is 0.229 e. The van der Waals surface area contributed by atoms with Crippen molar-refractivity contribution < 1.29 is 0 Å². The Morgan fingerprint density at radius 2 is 2.37 bits per heavy atom. The van der Waals surface area contributed by atoms with Gasteiger partial charge in [-0.15, -0.1) is 0 Å². The van der Waals surface area contributed by atoms with Crippen molar-refractivity contribution in [1.29, 1.82) is 5.26 Å². The molecule has 0 aliphatic heterocycles. The van der Waals surface area contributed by atoms with Crippen LogP contribution in [0.3, 0.4) is 0 Å². The van der Waals surface area contributed by atoms with Gasteiger partial charge in [-0.3, -0.25) is 4.68 Å². The van der Waals surface area contributed by atoms with E-state index in [2.05, 4.69) is 31.4 Å². The molecule has 0 aromatic carbocycles. The number of nitriles is 1. The van der Waals surface area contributed by atoms with Crippen molar-refractivity contribution in [3.8, 4) is 6.07 Å². The van der Waals surface area contributed by atoms with Crippen LogP contribution in [-0.2, 0) is 6.54 Å². The fourth-order valence-electron chi connectivity index (χ4n) is 1.79. The second-order valence-electron chi connectivity index (χ2n) is 3.98. The molecule has 0 bridgehead atoms. The minimum atomic E-state index is 0.467. The Bertz CT molecular complexity index is 762. The normalized spacial score (nSPS) is 10.5. The van der Waals surface area contributed by atoms with Crippen molar-refractivity contribution in [3.63, 3.8) is 0 Å². The van der Waals surface area contributed by atoms with E-state index in [1.165, 1.54) is 0 Å². The maximum absolute atomic E-state index is 8.91. The van der Waals surface area contributed by atoms with Crippen LogP contribution in [0, 0.1) is 11.3 Å². The number of aromatic amines is 1. The third kappa shape index (κ3) is 1.99. The number of fused-ring (bicyclic) bond motifs is 1. The van der Waals surface area contributed by atoms with E-state index in [4.69, 9.17) is 5.26 Å². The molecule has 3 aromatic rings. The summed E-state index contributed by atoms with van der Waals surface area (Å²) < 4.78 is 1.81. The van der Waals surface area contributed by atoms with Gasteiger partial charge in [0, 0.05) is 25.1 Å². The van der Waals surface area contributed by atoms with Gasteiger partial charge in [0.25, 0.3) is 0 Å². The van der Waals surface area contributed by atoms with Crippen LogP contribution in [0.2, 0.25) is 0 Å². The fraction of sp³-hybridized carbons (Fsp3) is 0.167. The van der Waals surface area contributed by atoms with Gasteiger partial charge in [0.05, 0.1) is 22.8 Å². The molecule has 19 heavy (non-hydrogen) atoms. The summed E-state index contributed by atoms with van der Waals surface area (Å²) in [4.78, 5) is 11.4. The standard InChI is InChI=1S/C12H11N7/c1-2-19-7-9(5-16-19)17-12-15-6-10-8(3-13)4-14-11(10)18-12/h4-7H,2H2,1H3,(H2,14,15,17,18). The van der Waals surface area contributed by atoms with Gasteiger partial charge in [0.1, 0.15) is 11.7 Å². The summed E-state index contributed by atoms with van der Waals surface area (Å²) in [5, 5.41) is 16.9. The molecule has 2 N–H and O–H groups in total. The molecular formula is C12H11N7. The lowest BCUT2D eigenvalue weighted by atomic mass is 10.3. The zero-order chi connectivity index (χ0) is 13.2. The SMILES string of the molecule is CCn1cc(Nc2ncc3c(C#N)c[nH]c3n2)cn1. The molecule has 0 aliphatic carbocycles. The molecule has 0 aliphatic rings. The van der Waals surface area contributed by atoms with Crippen molar-refractivity contribution >= 4 is 22.7 Å². The zero-order valence-corrected chi connectivity index (χ0v) is 10.3. The molecule has 0 saturated carbocycles. The highest BCUT2D eigenvalue weighted by Gasteiger charge is 2.07. The topological polar surface area (TPSA) is 95.2 Å². The van der Waals surface area contributed by atoms with Gasteiger partial charge in [0.15, 0.2) is 0 Å². The lowest BCUT2D eigenvalue weighted by molar-refractivity contribution is 0.660. The summed E-state index contributed by atoms with van der Waals surface area (Å²) >= 11 is 0. The fourth-order valence-corrected chi connectivity index (χ4v) is 1.79. The number of anilines is 2. The van der Waals surface area contributed by atoms with Crippen molar-refractivity contribution in [1.82, 2.24) is 24.7 Å². The van der Waals surface area contributed by atoms with Crippen molar-refractivity contribution in [2.75, 3.05) is 5.32 Å². The molecular weight excluding hydrogens is 242 g/mol. The number of hydrogen-bond donors (Lipinski definition) is 2. The summed E-state index contributed by atoms with van der Waals surface area (Å²) in [5.74, 6) is 0.467. The first-order valence-electron chi connectivity index (χ1n) is 5.84. The molecule has 0 radical (unpaired) electrons. The summed E-state index contributed by atoms with van der Waals surface area (Å²) in [6.45, 7) is 2.82. The second kappa shape index (κ2) is 4.42. The lowest BCUT2D eigenvalue weighted by Gasteiger charge is -2.00. The van der Waals surface area contributed by atoms with Gasteiger partial charge in [0.2, 0.25) is 5.95 Å². The number of nitrogens with zero attached hydrogens (tertiary/aromatic N) is 5. The quantitative estimate of drug-likeness (QED) is 0.742. The summed E-state index contributed by atoms with van der Waals surface area (Å²) in [6.07, 6.45) is 6.84. The van der Waals surface area contributed by atoms with Crippen LogP contribution in [0.5, 0.6) is 0 Å². The van der Waals surface area contributed by atoms with Gasteiger partial charge in [-0.05, 0) is 6.92 Å². The molecule has 7 heteroatoms. The van der Waals surface area contributed by atoms with Gasteiger partial charge in [-0.1, -0.05) is 0 Å². The average molecular weight is 253 g/mol. The molecule has 3 aromatic heterocycles. The Balaban J connectivity index is 1.91.